The minimum atomic E-state index is 0.566. The molecule has 2 aromatic heterocycles. The molecule has 0 aliphatic heterocycles. The Kier molecular flexibility index (Phi) is 2.61. The minimum absolute atomic E-state index is 0.566. The van der Waals surface area contributed by atoms with Crippen LogP contribution in [0.25, 0.3) is 11.0 Å². The first-order valence-corrected chi connectivity index (χ1v) is 9.13. The van der Waals surface area contributed by atoms with Gasteiger partial charge < -0.3 is 0 Å². The van der Waals surface area contributed by atoms with Crippen molar-refractivity contribution in [2.45, 2.75) is 18.8 Å². The summed E-state index contributed by atoms with van der Waals surface area (Å²) < 4.78 is 2.07. The topological polar surface area (TPSA) is 30.7 Å². The zero-order valence-electron chi connectivity index (χ0n) is 7.74. The molecule has 1 atom stereocenters. The summed E-state index contributed by atoms with van der Waals surface area (Å²) in [5, 5.41) is 0.566. The van der Waals surface area contributed by atoms with Crippen LogP contribution in [0.15, 0.2) is 12.5 Å². The van der Waals surface area contributed by atoms with Crippen LogP contribution in [0.4, 0.5) is 0 Å². The summed E-state index contributed by atoms with van der Waals surface area (Å²) in [5.74, 6) is 0.665. The maximum absolute atomic E-state index is 6.11. The summed E-state index contributed by atoms with van der Waals surface area (Å²) in [6.45, 7) is 0. The maximum Gasteiger partial charge on any atom is 0.155 e. The first-order valence-electron chi connectivity index (χ1n) is 4.69. The quantitative estimate of drug-likeness (QED) is 0.469. The summed E-state index contributed by atoms with van der Waals surface area (Å²) >= 11 is 8.43. The van der Waals surface area contributed by atoms with E-state index in [1.165, 1.54) is 18.4 Å². The SMILES string of the molecule is Clc1ncc(C2CC2)c2ncn(PI)c12. The van der Waals surface area contributed by atoms with Crippen molar-refractivity contribution in [3.63, 3.8) is 0 Å². The zero-order valence-corrected chi connectivity index (χ0v) is 11.7. The largest absolute Gasteiger partial charge is 0.299 e. The molecule has 2 aromatic rings. The number of pyridine rings is 1. The fraction of sp³-hybridized carbons (Fsp3) is 0.333. The second kappa shape index (κ2) is 3.82. The molecule has 3 rings (SSSR count). The van der Waals surface area contributed by atoms with Gasteiger partial charge in [0.25, 0.3) is 0 Å². The molecule has 1 aliphatic rings. The third-order valence-corrected chi connectivity index (χ3v) is 5.02. The van der Waals surface area contributed by atoms with Gasteiger partial charge in [-0.25, -0.2) is 9.97 Å². The number of hydrogen-bond acceptors (Lipinski definition) is 2. The molecule has 2 heterocycles. The van der Waals surface area contributed by atoms with E-state index in [1.807, 2.05) is 12.5 Å². The van der Waals surface area contributed by atoms with E-state index in [0.29, 0.717) is 17.4 Å². The van der Waals surface area contributed by atoms with E-state index in [2.05, 4.69) is 36.3 Å². The molecule has 3 nitrogen and oxygen atoms in total. The third-order valence-electron chi connectivity index (χ3n) is 2.66. The van der Waals surface area contributed by atoms with Crippen molar-refractivity contribution in [2.75, 3.05) is 0 Å². The van der Waals surface area contributed by atoms with Crippen molar-refractivity contribution in [3.05, 3.63) is 23.2 Å². The monoisotopic (exact) mass is 351 g/mol. The molecule has 0 saturated heterocycles. The van der Waals surface area contributed by atoms with Crippen LogP contribution >= 0.6 is 40.0 Å². The Hall–Kier alpha value is 0.0700. The molecular weight excluding hydrogens is 343 g/mol. The van der Waals surface area contributed by atoms with Crippen molar-refractivity contribution >= 4 is 51.0 Å². The van der Waals surface area contributed by atoms with Gasteiger partial charge in [-0.2, -0.15) is 0 Å². The van der Waals surface area contributed by atoms with Crippen molar-refractivity contribution < 1.29 is 0 Å². The molecule has 6 heteroatoms. The number of halogens is 2. The summed E-state index contributed by atoms with van der Waals surface area (Å²) in [7, 11) is 0. The molecule has 1 saturated carbocycles. The van der Waals surface area contributed by atoms with Crippen LogP contribution in [0.1, 0.15) is 24.3 Å². The first-order chi connectivity index (χ1) is 7.31. The summed E-state index contributed by atoms with van der Waals surface area (Å²) in [5.41, 5.74) is 3.30. The molecular formula is C9H8ClIN3P. The number of hydrogen-bond donors (Lipinski definition) is 0. The molecule has 0 bridgehead atoms. The van der Waals surface area contributed by atoms with Gasteiger partial charge in [0.2, 0.25) is 0 Å². The molecule has 0 radical (unpaired) electrons. The van der Waals surface area contributed by atoms with Gasteiger partial charge in [0.1, 0.15) is 5.52 Å². The second-order valence-corrected chi connectivity index (χ2v) is 6.13. The Labute approximate surface area is 107 Å². The molecule has 78 valence electrons. The Morgan fingerprint density at radius 1 is 1.47 bits per heavy atom. The Balaban J connectivity index is 2.31. The van der Waals surface area contributed by atoms with Gasteiger partial charge in [0, 0.05) is 18.1 Å². The number of rotatable bonds is 2. The van der Waals surface area contributed by atoms with Crippen LogP contribution in [-0.2, 0) is 0 Å². The third kappa shape index (κ3) is 1.67. The number of fused-ring (bicyclic) bond motifs is 1. The predicted molar refractivity (Wildman–Crippen MR) is 72.2 cm³/mol. The molecule has 15 heavy (non-hydrogen) atoms. The van der Waals surface area contributed by atoms with Gasteiger partial charge in [-0.3, -0.25) is 4.34 Å². The van der Waals surface area contributed by atoms with Gasteiger partial charge in [0.05, 0.1) is 11.8 Å². The molecule has 0 amide bonds. The Bertz CT molecular complexity index is 523. The smallest absolute Gasteiger partial charge is 0.155 e. The van der Waals surface area contributed by atoms with E-state index in [9.17, 15) is 0 Å². The second-order valence-electron chi connectivity index (χ2n) is 3.67. The fourth-order valence-corrected chi connectivity index (χ4v) is 3.56. The van der Waals surface area contributed by atoms with Crippen LogP contribution in [0.2, 0.25) is 5.15 Å². The molecule has 0 aromatic carbocycles. The van der Waals surface area contributed by atoms with Gasteiger partial charge in [0.15, 0.2) is 5.15 Å². The van der Waals surface area contributed by atoms with Crippen LogP contribution in [-0.4, -0.2) is 14.3 Å². The van der Waals surface area contributed by atoms with E-state index >= 15 is 0 Å². The number of nitrogens with zero attached hydrogens (tertiary/aromatic N) is 3. The van der Waals surface area contributed by atoms with Crippen LogP contribution in [0.5, 0.6) is 0 Å². The molecule has 0 spiro atoms. The lowest BCUT2D eigenvalue weighted by Crippen LogP contribution is -1.88. The highest BCUT2D eigenvalue weighted by Crippen LogP contribution is 2.44. The highest BCUT2D eigenvalue weighted by atomic mass is 127. The van der Waals surface area contributed by atoms with Crippen molar-refractivity contribution in [1.29, 1.82) is 0 Å². The lowest BCUT2D eigenvalue weighted by Gasteiger charge is -2.02. The van der Waals surface area contributed by atoms with Crippen molar-refractivity contribution in [3.8, 4) is 0 Å². The van der Waals surface area contributed by atoms with Gasteiger partial charge in [-0.15, -0.1) is 0 Å². The number of imidazole rings is 1. The van der Waals surface area contributed by atoms with E-state index < -0.39 is 0 Å². The van der Waals surface area contributed by atoms with Crippen molar-refractivity contribution in [1.82, 2.24) is 14.3 Å². The average Bonchev–Trinajstić information content (AvgIpc) is 2.97. The van der Waals surface area contributed by atoms with Crippen LogP contribution in [0.3, 0.4) is 0 Å². The molecule has 1 fully saturated rings. The van der Waals surface area contributed by atoms with Gasteiger partial charge in [-0.1, -0.05) is 11.6 Å². The number of aromatic nitrogens is 3. The van der Waals surface area contributed by atoms with E-state index in [4.69, 9.17) is 11.6 Å². The molecule has 0 N–H and O–H groups in total. The average molecular weight is 352 g/mol. The highest BCUT2D eigenvalue weighted by Gasteiger charge is 2.27. The fourth-order valence-electron chi connectivity index (χ4n) is 1.76. The highest BCUT2D eigenvalue weighted by molar-refractivity contribution is 14.2. The van der Waals surface area contributed by atoms with Gasteiger partial charge >= 0.3 is 0 Å². The molecule has 1 unspecified atom stereocenters. The van der Waals surface area contributed by atoms with E-state index in [1.54, 1.807) is 0 Å². The van der Waals surface area contributed by atoms with Crippen LogP contribution in [0, 0.1) is 0 Å². The van der Waals surface area contributed by atoms with E-state index in [0.717, 1.165) is 11.0 Å². The lowest BCUT2D eigenvalue weighted by molar-refractivity contribution is 1.11. The predicted octanol–water partition coefficient (Wildman–Crippen LogP) is 3.75. The van der Waals surface area contributed by atoms with Gasteiger partial charge in [-0.05, 0) is 40.8 Å². The van der Waals surface area contributed by atoms with Crippen molar-refractivity contribution in [2.24, 2.45) is 0 Å². The first kappa shape index (κ1) is 10.2. The molecule has 1 aliphatic carbocycles. The minimum Gasteiger partial charge on any atom is -0.299 e. The zero-order chi connectivity index (χ0) is 10.4. The Morgan fingerprint density at radius 2 is 2.27 bits per heavy atom. The summed E-state index contributed by atoms with van der Waals surface area (Å²) in [6, 6.07) is 0. The van der Waals surface area contributed by atoms with E-state index in [-0.39, 0.29) is 0 Å². The Morgan fingerprint density at radius 3 is 2.93 bits per heavy atom. The summed E-state index contributed by atoms with van der Waals surface area (Å²) in [4.78, 5) is 8.71. The van der Waals surface area contributed by atoms with Crippen LogP contribution < -0.4 is 0 Å². The summed E-state index contributed by atoms with van der Waals surface area (Å²) in [6.07, 6.45) is 6.88. The maximum atomic E-state index is 6.11. The lowest BCUT2D eigenvalue weighted by atomic mass is 10.1. The standard InChI is InChI=1S/C9H8ClIN3P/c10-9-8-7(13-4-14(8)15-11)6(3-12-9)5-1-2-5/h3-5,15H,1-2H2. The normalized spacial score (nSPS) is 16.9.